The van der Waals surface area contributed by atoms with Gasteiger partial charge in [0.1, 0.15) is 17.0 Å². The maximum Gasteiger partial charge on any atom is 0.490 e. The van der Waals surface area contributed by atoms with Crippen LogP contribution in [0.15, 0.2) is 0 Å². The molecule has 6 rings (SSSR count). The summed E-state index contributed by atoms with van der Waals surface area (Å²) in [5.41, 5.74) is -0.795. The minimum absolute atomic E-state index is 0.181. The molecule has 0 aromatic heterocycles. The molecule has 0 aliphatic carbocycles. The first-order chi connectivity index (χ1) is 27.2. The molecule has 19 heteroatoms. The number of carboxylic acids is 1. The average Bonchev–Trinajstić information content (AvgIpc) is 3.19. The number of hydrogen-bond donors (Lipinski definition) is 3. The first-order valence-electron chi connectivity index (χ1n) is 20.7. The molecule has 16 nitrogen and oxygen atoms in total. The Morgan fingerprint density at radius 2 is 0.914 bits per heavy atom. The first-order valence-corrected chi connectivity index (χ1v) is 20.7. The second kappa shape index (κ2) is 26.4. The fourth-order valence-electron chi connectivity index (χ4n) is 6.52. The van der Waals surface area contributed by atoms with Crippen LogP contribution in [0, 0.1) is 0 Å². The summed E-state index contributed by atoms with van der Waals surface area (Å²) in [6.45, 7) is 27.7. The number of Topliss-reactive ketones (excluding diaryl/α,β-unsaturated/α-hetero) is 1. The zero-order valence-corrected chi connectivity index (χ0v) is 35.7. The van der Waals surface area contributed by atoms with Crippen molar-refractivity contribution in [3.63, 3.8) is 0 Å². The molecule has 0 bridgehead atoms. The summed E-state index contributed by atoms with van der Waals surface area (Å²) in [5.74, 6) is -2.42. The second-order valence-corrected chi connectivity index (χ2v) is 16.6. The van der Waals surface area contributed by atoms with E-state index >= 15 is 0 Å². The molecule has 0 aromatic rings. The number of hydrogen-bond acceptors (Lipinski definition) is 13. The Balaban J connectivity index is 0.000000263. The molecule has 6 saturated heterocycles. The van der Waals surface area contributed by atoms with Crippen molar-refractivity contribution in [2.24, 2.45) is 0 Å². The Kier molecular flexibility index (Phi) is 23.4. The van der Waals surface area contributed by atoms with E-state index in [4.69, 9.17) is 33.6 Å². The van der Waals surface area contributed by atoms with Crippen LogP contribution in [0.1, 0.15) is 80.1 Å². The van der Waals surface area contributed by atoms with E-state index in [0.29, 0.717) is 37.9 Å². The molecule has 6 aliphatic heterocycles. The highest BCUT2D eigenvalue weighted by Crippen LogP contribution is 2.19. The molecular formula is C39H71F3N6O10. The molecule has 338 valence electrons. The third-order valence-electron chi connectivity index (χ3n) is 9.59. The molecule has 0 saturated carbocycles. The SMILES string of the molecule is C1CN(C2CCOCC2)CCN1.CC(C)(C)OC(=O)N1CCN(C2CCOCC2)CC1.CC(C)(C)OC(=O)N1CCNCC1.O=C(O)C(F)(F)F.O=C1CCOCC1. The maximum atomic E-state index is 12.0. The van der Waals surface area contributed by atoms with Crippen LogP contribution in [0.4, 0.5) is 22.8 Å². The van der Waals surface area contributed by atoms with Crippen LogP contribution in [-0.4, -0.2) is 196 Å². The van der Waals surface area contributed by atoms with Crippen LogP contribution in [0.2, 0.25) is 0 Å². The molecule has 0 radical (unpaired) electrons. The predicted octanol–water partition coefficient (Wildman–Crippen LogP) is 3.61. The van der Waals surface area contributed by atoms with Gasteiger partial charge in [-0.15, -0.1) is 0 Å². The molecule has 2 amide bonds. The van der Waals surface area contributed by atoms with Crippen molar-refractivity contribution in [2.75, 3.05) is 118 Å². The van der Waals surface area contributed by atoms with Crippen LogP contribution in [0.5, 0.6) is 0 Å². The van der Waals surface area contributed by atoms with Gasteiger partial charge < -0.3 is 49.2 Å². The number of carboxylic acid groups (broad SMARTS) is 1. The summed E-state index contributed by atoms with van der Waals surface area (Å²) in [6, 6.07) is 1.44. The summed E-state index contributed by atoms with van der Waals surface area (Å²) in [6.07, 6.45) is 0.493. The third kappa shape index (κ3) is 23.1. The van der Waals surface area contributed by atoms with Crippen molar-refractivity contribution < 1.29 is 61.1 Å². The highest BCUT2D eigenvalue weighted by molar-refractivity contribution is 5.79. The maximum absolute atomic E-state index is 12.0. The van der Waals surface area contributed by atoms with Crippen molar-refractivity contribution in [1.29, 1.82) is 0 Å². The lowest BCUT2D eigenvalue weighted by Crippen LogP contribution is -2.53. The smallest absolute Gasteiger partial charge is 0.475 e. The summed E-state index contributed by atoms with van der Waals surface area (Å²) in [5, 5.41) is 13.7. The lowest BCUT2D eigenvalue weighted by molar-refractivity contribution is -0.192. The van der Waals surface area contributed by atoms with Gasteiger partial charge in [-0.1, -0.05) is 0 Å². The number of amides is 2. The largest absolute Gasteiger partial charge is 0.490 e. The summed E-state index contributed by atoms with van der Waals surface area (Å²) >= 11 is 0. The number of carbonyl (C=O) groups is 4. The molecule has 6 fully saturated rings. The Morgan fingerprint density at radius 1 is 0.586 bits per heavy atom. The number of aliphatic carboxylic acids is 1. The van der Waals surface area contributed by atoms with Crippen LogP contribution in [0.3, 0.4) is 0 Å². The van der Waals surface area contributed by atoms with Gasteiger partial charge in [0.2, 0.25) is 0 Å². The van der Waals surface area contributed by atoms with Crippen molar-refractivity contribution in [3.8, 4) is 0 Å². The Bertz CT molecular complexity index is 1160. The number of nitrogens with one attached hydrogen (secondary N) is 2. The van der Waals surface area contributed by atoms with Gasteiger partial charge in [-0.05, 0) is 67.2 Å². The number of halogens is 3. The van der Waals surface area contributed by atoms with Gasteiger partial charge in [0, 0.05) is 130 Å². The number of ketones is 1. The zero-order chi connectivity index (χ0) is 43.2. The number of alkyl halides is 3. The van der Waals surface area contributed by atoms with Crippen molar-refractivity contribution >= 4 is 23.9 Å². The molecule has 6 heterocycles. The minimum atomic E-state index is -5.08. The quantitative estimate of drug-likeness (QED) is 0.369. The van der Waals surface area contributed by atoms with E-state index in [-0.39, 0.29) is 17.8 Å². The normalized spacial score (nSPS) is 21.9. The number of rotatable bonds is 2. The van der Waals surface area contributed by atoms with E-state index in [9.17, 15) is 27.6 Å². The molecule has 0 unspecified atom stereocenters. The summed E-state index contributed by atoms with van der Waals surface area (Å²) in [4.78, 5) is 51.4. The van der Waals surface area contributed by atoms with E-state index < -0.39 is 17.7 Å². The van der Waals surface area contributed by atoms with Crippen LogP contribution >= 0.6 is 0 Å². The standard InChI is InChI=1S/C14H26N2O3.C9H18N2O2.C9H18N2O.C5H8O2.C2HF3O2/c1-14(2,3)19-13(17)16-8-6-15(7-9-16)12-4-10-18-11-5-12;1-9(2,3)13-8(12)11-6-4-10-5-7-11;1-7-12-8-2-9(1)11-5-3-10-4-6-11;6-5-1-3-7-4-2-5;3-2(4,5)1(6)7/h12H,4-11H2,1-3H3;10H,4-7H2,1-3H3;9-10H,1-8H2;1-4H2;(H,6,7). The molecular weight excluding hydrogens is 769 g/mol. The van der Waals surface area contributed by atoms with Crippen LogP contribution in [-0.2, 0) is 33.3 Å². The zero-order valence-electron chi connectivity index (χ0n) is 35.7. The van der Waals surface area contributed by atoms with Crippen LogP contribution in [0.25, 0.3) is 0 Å². The first kappa shape index (κ1) is 51.3. The topological polar surface area (TPSA) is 172 Å². The molecule has 0 atom stereocenters. The fraction of sp³-hybridized carbons (Fsp3) is 0.897. The number of piperazine rings is 3. The van der Waals surface area contributed by atoms with Gasteiger partial charge >= 0.3 is 24.3 Å². The third-order valence-corrected chi connectivity index (χ3v) is 9.59. The molecule has 58 heavy (non-hydrogen) atoms. The highest BCUT2D eigenvalue weighted by atomic mass is 19.4. The Labute approximate surface area is 342 Å². The average molecular weight is 841 g/mol. The number of nitrogens with zero attached hydrogens (tertiary/aromatic N) is 4. The van der Waals surface area contributed by atoms with Crippen molar-refractivity contribution in [3.05, 3.63) is 0 Å². The van der Waals surface area contributed by atoms with E-state index in [1.165, 1.54) is 25.9 Å². The number of carbonyl (C=O) groups excluding carboxylic acids is 3. The summed E-state index contributed by atoms with van der Waals surface area (Å²) < 4.78 is 58.0. The van der Waals surface area contributed by atoms with Gasteiger partial charge in [0.15, 0.2) is 0 Å². The Morgan fingerprint density at radius 3 is 1.24 bits per heavy atom. The van der Waals surface area contributed by atoms with Gasteiger partial charge in [0.25, 0.3) is 0 Å². The lowest BCUT2D eigenvalue weighted by atomic mass is 10.1. The van der Waals surface area contributed by atoms with Crippen molar-refractivity contribution in [1.82, 2.24) is 30.2 Å². The minimum Gasteiger partial charge on any atom is -0.475 e. The van der Waals surface area contributed by atoms with Gasteiger partial charge in [0.05, 0.1) is 13.2 Å². The molecule has 3 N–H and O–H groups in total. The monoisotopic (exact) mass is 841 g/mol. The van der Waals surface area contributed by atoms with E-state index in [1.807, 2.05) is 46.4 Å². The van der Waals surface area contributed by atoms with E-state index in [2.05, 4.69) is 20.4 Å². The second-order valence-electron chi connectivity index (χ2n) is 16.6. The van der Waals surface area contributed by atoms with Crippen molar-refractivity contribution in [2.45, 2.75) is 110 Å². The predicted molar refractivity (Wildman–Crippen MR) is 211 cm³/mol. The highest BCUT2D eigenvalue weighted by Gasteiger charge is 2.38. The van der Waals surface area contributed by atoms with Gasteiger partial charge in [-0.25, -0.2) is 14.4 Å². The van der Waals surface area contributed by atoms with E-state index in [0.717, 1.165) is 111 Å². The molecule has 6 aliphatic rings. The fourth-order valence-corrected chi connectivity index (χ4v) is 6.52. The lowest BCUT2D eigenvalue weighted by Gasteiger charge is -2.40. The molecule has 0 spiro atoms. The van der Waals surface area contributed by atoms with Gasteiger partial charge in [-0.2, -0.15) is 13.2 Å². The van der Waals surface area contributed by atoms with Crippen LogP contribution < -0.4 is 10.6 Å². The number of ether oxygens (including phenoxy) is 5. The Hall–Kier alpha value is -2.81. The summed E-state index contributed by atoms with van der Waals surface area (Å²) in [7, 11) is 0. The van der Waals surface area contributed by atoms with E-state index in [1.54, 1.807) is 4.90 Å². The molecule has 0 aromatic carbocycles. The van der Waals surface area contributed by atoms with Gasteiger partial charge in [-0.3, -0.25) is 14.6 Å².